The standard InChI is InChI=1S/C8H8N2O4S/c11-8(12)6-1-2-7-9-15(13,14)4-3-10(7)5-6/h1-2,5H,3-4H2,(H,11,12)/p-1. The Balaban J connectivity index is 2.38. The number of carboxylic acid groups (broad SMARTS) is 1. The number of aliphatic carboxylic acids is 1. The normalized spacial score (nSPS) is 22.8. The van der Waals surface area contributed by atoms with E-state index in [1.54, 1.807) is 0 Å². The fraction of sp³-hybridized carbons (Fsp3) is 0.250. The molecule has 0 aromatic heterocycles. The van der Waals surface area contributed by atoms with Crippen molar-refractivity contribution in [2.45, 2.75) is 0 Å². The predicted octanol–water partition coefficient (Wildman–Crippen LogP) is -1.77. The van der Waals surface area contributed by atoms with Crippen molar-refractivity contribution in [3.63, 3.8) is 0 Å². The van der Waals surface area contributed by atoms with Crippen molar-refractivity contribution in [3.8, 4) is 0 Å². The van der Waals surface area contributed by atoms with E-state index in [9.17, 15) is 18.3 Å². The average Bonchev–Trinajstić information content (AvgIpc) is 2.15. The molecule has 80 valence electrons. The minimum absolute atomic E-state index is 0.00764. The molecule has 0 radical (unpaired) electrons. The Morgan fingerprint density at radius 1 is 1.47 bits per heavy atom. The number of fused-ring (bicyclic) bond motifs is 1. The van der Waals surface area contributed by atoms with Crippen molar-refractivity contribution < 1.29 is 18.3 Å². The van der Waals surface area contributed by atoms with Gasteiger partial charge in [-0.3, -0.25) is 0 Å². The van der Waals surface area contributed by atoms with Crippen LogP contribution in [0.2, 0.25) is 0 Å². The van der Waals surface area contributed by atoms with Crippen LogP contribution in [-0.4, -0.2) is 37.4 Å². The number of nitrogens with zero attached hydrogens (tertiary/aromatic N) is 2. The lowest BCUT2D eigenvalue weighted by molar-refractivity contribution is -0.298. The van der Waals surface area contributed by atoms with Crippen molar-refractivity contribution in [2.75, 3.05) is 12.3 Å². The van der Waals surface area contributed by atoms with Gasteiger partial charge < -0.3 is 14.8 Å². The van der Waals surface area contributed by atoms with Crippen LogP contribution in [0.25, 0.3) is 0 Å². The highest BCUT2D eigenvalue weighted by Crippen LogP contribution is 2.14. The highest BCUT2D eigenvalue weighted by molar-refractivity contribution is 7.90. The summed E-state index contributed by atoms with van der Waals surface area (Å²) in [5, 5.41) is 10.5. The number of hydrogen-bond acceptors (Lipinski definition) is 5. The SMILES string of the molecule is O=C([O-])C1=CN2CCS(=O)(=O)N=C2C=C1. The minimum atomic E-state index is -3.39. The van der Waals surface area contributed by atoms with E-state index < -0.39 is 16.0 Å². The highest BCUT2D eigenvalue weighted by atomic mass is 32.2. The number of rotatable bonds is 1. The van der Waals surface area contributed by atoms with E-state index in [1.807, 2.05) is 0 Å². The third-order valence-corrected chi connectivity index (χ3v) is 3.22. The lowest BCUT2D eigenvalue weighted by Crippen LogP contribution is -2.38. The summed E-state index contributed by atoms with van der Waals surface area (Å²) in [7, 11) is -3.39. The Labute approximate surface area is 86.3 Å². The van der Waals surface area contributed by atoms with Crippen LogP contribution < -0.4 is 5.11 Å². The molecule has 0 aromatic rings. The molecule has 0 saturated carbocycles. The quantitative estimate of drug-likeness (QED) is 0.529. The van der Waals surface area contributed by atoms with Crippen molar-refractivity contribution >= 4 is 21.8 Å². The summed E-state index contributed by atoms with van der Waals surface area (Å²) in [5.74, 6) is -1.16. The zero-order chi connectivity index (χ0) is 11.1. The number of hydrogen-bond donors (Lipinski definition) is 0. The zero-order valence-electron chi connectivity index (χ0n) is 7.58. The molecule has 2 aliphatic heterocycles. The van der Waals surface area contributed by atoms with Crippen molar-refractivity contribution in [3.05, 3.63) is 23.9 Å². The van der Waals surface area contributed by atoms with Crippen LogP contribution in [0.15, 0.2) is 28.3 Å². The maximum atomic E-state index is 11.1. The van der Waals surface area contributed by atoms with Gasteiger partial charge in [0.25, 0.3) is 10.0 Å². The molecular formula is C8H7N2O4S-. The summed E-state index contributed by atoms with van der Waals surface area (Å²) in [6, 6.07) is 0. The molecular weight excluding hydrogens is 220 g/mol. The van der Waals surface area contributed by atoms with Crippen molar-refractivity contribution in [2.24, 2.45) is 4.40 Å². The number of carbonyl (C=O) groups excluding carboxylic acids is 1. The number of carboxylic acids is 1. The van der Waals surface area contributed by atoms with Crippen LogP contribution in [0, 0.1) is 0 Å². The van der Waals surface area contributed by atoms with E-state index in [-0.39, 0.29) is 23.7 Å². The van der Waals surface area contributed by atoms with Gasteiger partial charge in [0, 0.05) is 18.3 Å². The fourth-order valence-corrected chi connectivity index (χ4v) is 2.29. The molecule has 0 unspecified atom stereocenters. The number of amidine groups is 1. The summed E-state index contributed by atoms with van der Waals surface area (Å²) in [6.07, 6.45) is 3.94. The number of carbonyl (C=O) groups is 1. The largest absolute Gasteiger partial charge is 0.545 e. The minimum Gasteiger partial charge on any atom is -0.545 e. The first-order valence-electron chi connectivity index (χ1n) is 4.18. The van der Waals surface area contributed by atoms with E-state index in [0.717, 1.165) is 0 Å². The zero-order valence-corrected chi connectivity index (χ0v) is 8.40. The molecule has 0 aromatic carbocycles. The molecule has 7 heteroatoms. The molecule has 0 bridgehead atoms. The molecule has 2 heterocycles. The third kappa shape index (κ3) is 1.91. The van der Waals surface area contributed by atoms with Crippen molar-refractivity contribution in [1.29, 1.82) is 0 Å². The second-order valence-electron chi connectivity index (χ2n) is 3.13. The predicted molar refractivity (Wildman–Crippen MR) is 50.2 cm³/mol. The van der Waals surface area contributed by atoms with E-state index in [4.69, 9.17) is 0 Å². The number of sulfonamides is 1. The van der Waals surface area contributed by atoms with Gasteiger partial charge in [-0.15, -0.1) is 4.40 Å². The second-order valence-corrected chi connectivity index (χ2v) is 4.89. The third-order valence-electron chi connectivity index (χ3n) is 2.06. The van der Waals surface area contributed by atoms with Crippen LogP contribution in [0.5, 0.6) is 0 Å². The Hall–Kier alpha value is -1.63. The second kappa shape index (κ2) is 3.20. The molecule has 6 nitrogen and oxygen atoms in total. The lowest BCUT2D eigenvalue weighted by Gasteiger charge is -2.27. The van der Waals surface area contributed by atoms with Gasteiger partial charge in [-0.05, 0) is 12.2 Å². The molecule has 0 atom stereocenters. The lowest BCUT2D eigenvalue weighted by atomic mass is 10.2. The van der Waals surface area contributed by atoms with E-state index in [2.05, 4.69) is 4.40 Å². The van der Waals surface area contributed by atoms with Crippen LogP contribution in [0.4, 0.5) is 0 Å². The van der Waals surface area contributed by atoms with E-state index in [0.29, 0.717) is 0 Å². The van der Waals surface area contributed by atoms with E-state index in [1.165, 1.54) is 23.3 Å². The average molecular weight is 227 g/mol. The van der Waals surface area contributed by atoms with Crippen LogP contribution >= 0.6 is 0 Å². The van der Waals surface area contributed by atoms with Crippen LogP contribution in [-0.2, 0) is 14.8 Å². The molecule has 0 fully saturated rings. The molecule has 0 aliphatic carbocycles. The first-order valence-corrected chi connectivity index (χ1v) is 5.79. The van der Waals surface area contributed by atoms with Gasteiger partial charge >= 0.3 is 0 Å². The van der Waals surface area contributed by atoms with Gasteiger partial charge in [0.2, 0.25) is 0 Å². The molecule has 2 aliphatic rings. The maximum absolute atomic E-state index is 11.1. The molecule has 2 rings (SSSR count). The van der Waals surface area contributed by atoms with Gasteiger partial charge in [-0.2, -0.15) is 0 Å². The molecule has 0 amide bonds. The van der Waals surface area contributed by atoms with Gasteiger partial charge in [0.15, 0.2) is 0 Å². The van der Waals surface area contributed by atoms with Gasteiger partial charge in [-0.25, -0.2) is 8.42 Å². The summed E-state index contributed by atoms with van der Waals surface area (Å²) in [6.45, 7) is 0.211. The topological polar surface area (TPSA) is 89.9 Å². The Morgan fingerprint density at radius 3 is 2.87 bits per heavy atom. The summed E-state index contributed by atoms with van der Waals surface area (Å²) in [4.78, 5) is 12.0. The Bertz CT molecular complexity index is 501. The van der Waals surface area contributed by atoms with Gasteiger partial charge in [0.05, 0.1) is 11.7 Å². The molecule has 0 N–H and O–H groups in total. The highest BCUT2D eigenvalue weighted by Gasteiger charge is 2.23. The fourth-order valence-electron chi connectivity index (χ4n) is 1.32. The van der Waals surface area contributed by atoms with Crippen LogP contribution in [0.1, 0.15) is 0 Å². The van der Waals surface area contributed by atoms with Crippen LogP contribution in [0.3, 0.4) is 0 Å². The van der Waals surface area contributed by atoms with Gasteiger partial charge in [0.1, 0.15) is 5.84 Å². The van der Waals surface area contributed by atoms with Gasteiger partial charge in [-0.1, -0.05) is 0 Å². The summed E-state index contributed by atoms with van der Waals surface area (Å²) < 4.78 is 25.7. The summed E-state index contributed by atoms with van der Waals surface area (Å²) in [5.41, 5.74) is 0.00764. The van der Waals surface area contributed by atoms with Crippen molar-refractivity contribution in [1.82, 2.24) is 4.90 Å². The smallest absolute Gasteiger partial charge is 0.256 e. The molecule has 15 heavy (non-hydrogen) atoms. The molecule has 0 saturated heterocycles. The first-order chi connectivity index (χ1) is 6.98. The summed E-state index contributed by atoms with van der Waals surface area (Å²) >= 11 is 0. The monoisotopic (exact) mass is 227 g/mol. The first kappa shape index (κ1) is 9.91. The van der Waals surface area contributed by atoms with E-state index >= 15 is 0 Å². The maximum Gasteiger partial charge on any atom is 0.256 e. The Morgan fingerprint density at radius 2 is 2.20 bits per heavy atom. The molecule has 0 spiro atoms. The Kier molecular flexibility index (Phi) is 2.11.